The van der Waals surface area contributed by atoms with Crippen LogP contribution < -0.4 is 5.56 Å². The Hall–Kier alpha value is -2.04. The summed E-state index contributed by atoms with van der Waals surface area (Å²) in [5.74, 6) is 0. The molecule has 2 heterocycles. The van der Waals surface area contributed by atoms with Crippen molar-refractivity contribution in [2.45, 2.75) is 6.43 Å². The van der Waals surface area contributed by atoms with Crippen LogP contribution in [0.4, 0.5) is 8.78 Å². The van der Waals surface area contributed by atoms with E-state index in [0.29, 0.717) is 5.69 Å². The molecule has 0 aliphatic carbocycles. The lowest BCUT2D eigenvalue weighted by atomic mass is 10.3. The van der Waals surface area contributed by atoms with E-state index in [1.807, 2.05) is 0 Å². The van der Waals surface area contributed by atoms with Crippen molar-refractivity contribution in [1.82, 2.24) is 9.55 Å². The third kappa shape index (κ3) is 1.98. The van der Waals surface area contributed by atoms with Gasteiger partial charge in [-0.3, -0.25) is 14.3 Å². The van der Waals surface area contributed by atoms with E-state index in [1.54, 1.807) is 12.1 Å². The summed E-state index contributed by atoms with van der Waals surface area (Å²) < 4.78 is 26.1. The van der Waals surface area contributed by atoms with E-state index in [2.05, 4.69) is 4.98 Å². The molecule has 0 N–H and O–H groups in total. The first kappa shape index (κ1) is 10.5. The summed E-state index contributed by atoms with van der Waals surface area (Å²) in [4.78, 5) is 15.3. The van der Waals surface area contributed by atoms with Gasteiger partial charge in [0.05, 0.1) is 5.69 Å². The molecular weight excluding hydrogens is 214 g/mol. The van der Waals surface area contributed by atoms with E-state index >= 15 is 0 Å². The van der Waals surface area contributed by atoms with E-state index < -0.39 is 6.43 Å². The molecule has 0 aromatic carbocycles. The monoisotopic (exact) mass is 222 g/mol. The Labute approximate surface area is 90.0 Å². The van der Waals surface area contributed by atoms with Crippen LogP contribution in [0.25, 0.3) is 5.69 Å². The molecule has 0 unspecified atom stereocenters. The van der Waals surface area contributed by atoms with Crippen LogP contribution in [0.15, 0.2) is 47.7 Å². The smallest absolute Gasteiger partial charge is 0.265 e. The number of aromatic nitrogens is 2. The highest BCUT2D eigenvalue weighted by Crippen LogP contribution is 2.17. The maximum atomic E-state index is 12.5. The van der Waals surface area contributed by atoms with Crippen LogP contribution in [0.3, 0.4) is 0 Å². The van der Waals surface area contributed by atoms with Crippen molar-refractivity contribution < 1.29 is 8.78 Å². The molecule has 16 heavy (non-hydrogen) atoms. The van der Waals surface area contributed by atoms with Crippen LogP contribution in [0, 0.1) is 0 Å². The molecule has 2 aromatic rings. The first-order chi connectivity index (χ1) is 7.68. The molecule has 2 aromatic heterocycles. The van der Waals surface area contributed by atoms with Gasteiger partial charge in [-0.2, -0.15) is 0 Å². The Kier molecular flexibility index (Phi) is 2.76. The number of hydrogen-bond donors (Lipinski definition) is 0. The standard InChI is InChI=1S/C11H8F2N2O/c12-11(13)8-1-2-10(16)15(7-8)9-3-5-14-6-4-9/h1-7,11H. The second-order valence-corrected chi connectivity index (χ2v) is 3.18. The van der Waals surface area contributed by atoms with Crippen LogP contribution in [0.2, 0.25) is 0 Å². The zero-order valence-corrected chi connectivity index (χ0v) is 8.18. The predicted molar refractivity (Wildman–Crippen MR) is 54.8 cm³/mol. The van der Waals surface area contributed by atoms with Gasteiger partial charge >= 0.3 is 0 Å². The van der Waals surface area contributed by atoms with Gasteiger partial charge in [-0.05, 0) is 18.2 Å². The fourth-order valence-corrected chi connectivity index (χ4v) is 1.34. The van der Waals surface area contributed by atoms with Crippen molar-refractivity contribution in [3.8, 4) is 5.69 Å². The van der Waals surface area contributed by atoms with E-state index in [0.717, 1.165) is 18.3 Å². The lowest BCUT2D eigenvalue weighted by molar-refractivity contribution is 0.150. The first-order valence-electron chi connectivity index (χ1n) is 4.59. The van der Waals surface area contributed by atoms with Gasteiger partial charge < -0.3 is 0 Å². The number of nitrogens with zero attached hydrogens (tertiary/aromatic N) is 2. The van der Waals surface area contributed by atoms with E-state index in [1.165, 1.54) is 17.0 Å². The SMILES string of the molecule is O=c1ccc(C(F)F)cn1-c1ccncc1. The van der Waals surface area contributed by atoms with E-state index in [4.69, 9.17) is 0 Å². The Balaban J connectivity index is 2.56. The van der Waals surface area contributed by atoms with Gasteiger partial charge in [0.15, 0.2) is 0 Å². The summed E-state index contributed by atoms with van der Waals surface area (Å²) in [6, 6.07) is 5.42. The molecular formula is C11H8F2N2O. The Morgan fingerprint density at radius 3 is 2.44 bits per heavy atom. The summed E-state index contributed by atoms with van der Waals surface area (Å²) in [7, 11) is 0. The van der Waals surface area contributed by atoms with Gasteiger partial charge in [-0.1, -0.05) is 0 Å². The molecule has 0 bridgehead atoms. The van der Waals surface area contributed by atoms with Gasteiger partial charge in [0, 0.05) is 30.2 Å². The van der Waals surface area contributed by atoms with E-state index in [-0.39, 0.29) is 11.1 Å². The molecule has 0 aliphatic rings. The molecule has 82 valence electrons. The minimum Gasteiger partial charge on any atom is -0.284 e. The number of halogens is 2. The van der Waals surface area contributed by atoms with Crippen LogP contribution in [-0.2, 0) is 0 Å². The highest BCUT2D eigenvalue weighted by atomic mass is 19.3. The van der Waals surface area contributed by atoms with E-state index in [9.17, 15) is 13.6 Å². The molecule has 0 atom stereocenters. The lowest BCUT2D eigenvalue weighted by Crippen LogP contribution is -2.17. The third-order valence-electron chi connectivity index (χ3n) is 2.13. The fraction of sp³-hybridized carbons (Fsp3) is 0.0909. The van der Waals surface area contributed by atoms with Crippen molar-refractivity contribution in [1.29, 1.82) is 0 Å². The van der Waals surface area contributed by atoms with Crippen LogP contribution in [0.1, 0.15) is 12.0 Å². The van der Waals surface area contributed by atoms with Crippen molar-refractivity contribution >= 4 is 0 Å². The first-order valence-corrected chi connectivity index (χ1v) is 4.59. The van der Waals surface area contributed by atoms with Crippen LogP contribution in [-0.4, -0.2) is 9.55 Å². The minimum absolute atomic E-state index is 0.184. The Bertz CT molecular complexity index is 537. The molecule has 2 rings (SSSR count). The quantitative estimate of drug-likeness (QED) is 0.780. The molecule has 0 amide bonds. The summed E-state index contributed by atoms with van der Waals surface area (Å²) in [5.41, 5.74) is -0.0190. The molecule has 0 saturated carbocycles. The molecule has 5 heteroatoms. The largest absolute Gasteiger partial charge is 0.284 e. The van der Waals surface area contributed by atoms with Crippen molar-refractivity contribution in [3.63, 3.8) is 0 Å². The average Bonchev–Trinajstić information content (AvgIpc) is 2.30. The molecule has 0 spiro atoms. The van der Waals surface area contributed by atoms with Crippen molar-refractivity contribution in [3.05, 3.63) is 58.8 Å². The number of rotatable bonds is 2. The number of alkyl halides is 2. The van der Waals surface area contributed by atoms with Crippen molar-refractivity contribution in [2.75, 3.05) is 0 Å². The Morgan fingerprint density at radius 1 is 1.12 bits per heavy atom. The maximum Gasteiger partial charge on any atom is 0.265 e. The maximum absolute atomic E-state index is 12.5. The molecule has 0 aliphatic heterocycles. The van der Waals surface area contributed by atoms with Gasteiger partial charge in [0.1, 0.15) is 0 Å². The van der Waals surface area contributed by atoms with Crippen LogP contribution >= 0.6 is 0 Å². The summed E-state index contributed by atoms with van der Waals surface area (Å²) >= 11 is 0. The topological polar surface area (TPSA) is 34.9 Å². The van der Waals surface area contributed by atoms with Gasteiger partial charge in [-0.25, -0.2) is 8.78 Å². The summed E-state index contributed by atoms with van der Waals surface area (Å²) in [6.45, 7) is 0. The highest BCUT2D eigenvalue weighted by molar-refractivity contribution is 5.30. The van der Waals surface area contributed by atoms with Gasteiger partial charge in [-0.15, -0.1) is 0 Å². The third-order valence-corrected chi connectivity index (χ3v) is 2.13. The molecule has 0 saturated heterocycles. The second kappa shape index (κ2) is 4.22. The van der Waals surface area contributed by atoms with Gasteiger partial charge in [0.25, 0.3) is 12.0 Å². The van der Waals surface area contributed by atoms with Crippen LogP contribution in [0.5, 0.6) is 0 Å². The number of pyridine rings is 2. The summed E-state index contributed by atoms with van der Waals surface area (Å²) in [6.07, 6.45) is 1.55. The molecule has 0 radical (unpaired) electrons. The molecule has 3 nitrogen and oxygen atoms in total. The summed E-state index contributed by atoms with van der Waals surface area (Å²) in [5, 5.41) is 0. The number of hydrogen-bond acceptors (Lipinski definition) is 2. The van der Waals surface area contributed by atoms with Gasteiger partial charge in [0.2, 0.25) is 0 Å². The zero-order valence-electron chi connectivity index (χ0n) is 8.18. The minimum atomic E-state index is -2.59. The predicted octanol–water partition coefficient (Wildman–Crippen LogP) is 2.17. The highest BCUT2D eigenvalue weighted by Gasteiger charge is 2.09. The van der Waals surface area contributed by atoms with Crippen molar-refractivity contribution in [2.24, 2.45) is 0 Å². The normalized spacial score (nSPS) is 10.7. The fourth-order valence-electron chi connectivity index (χ4n) is 1.34. The Morgan fingerprint density at radius 2 is 1.81 bits per heavy atom. The lowest BCUT2D eigenvalue weighted by Gasteiger charge is -2.07. The average molecular weight is 222 g/mol. The zero-order chi connectivity index (χ0) is 11.5. The second-order valence-electron chi connectivity index (χ2n) is 3.18. The molecule has 0 fully saturated rings.